The zero-order chi connectivity index (χ0) is 32.7. The van der Waals surface area contributed by atoms with Gasteiger partial charge < -0.3 is 18.9 Å². The Hall–Kier alpha value is -4.69. The highest BCUT2D eigenvalue weighted by Crippen LogP contribution is 2.43. The lowest BCUT2D eigenvalue weighted by Gasteiger charge is -2.29. The van der Waals surface area contributed by atoms with Gasteiger partial charge in [0.05, 0.1) is 37.3 Å². The van der Waals surface area contributed by atoms with Gasteiger partial charge in [-0.1, -0.05) is 36.4 Å². The van der Waals surface area contributed by atoms with E-state index in [1.165, 1.54) is 12.7 Å². The maximum Gasteiger partial charge on any atom is 0.339 e. The number of fused-ring (bicyclic) bond motifs is 8. The predicted octanol–water partition coefficient (Wildman–Crippen LogP) is 8.50. The monoisotopic (exact) mass is 631 g/mol. The predicted molar refractivity (Wildman–Crippen MR) is 182 cm³/mol. The molecular formula is C39H41N3O5. The van der Waals surface area contributed by atoms with Gasteiger partial charge in [-0.15, -0.1) is 0 Å². The number of rotatable bonds is 3. The van der Waals surface area contributed by atoms with E-state index < -0.39 is 17.7 Å². The molecule has 4 heterocycles. The molecule has 2 aromatic heterocycles. The molecule has 2 aliphatic heterocycles. The van der Waals surface area contributed by atoms with Crippen molar-refractivity contribution in [3.63, 3.8) is 0 Å². The fourth-order valence-electron chi connectivity index (χ4n) is 6.82. The summed E-state index contributed by atoms with van der Waals surface area (Å²) in [5.41, 5.74) is 7.99. The van der Waals surface area contributed by atoms with Crippen LogP contribution < -0.4 is 9.47 Å². The molecule has 8 heteroatoms. The number of aryl methyl sites for hydroxylation is 1. The van der Waals surface area contributed by atoms with Gasteiger partial charge >= 0.3 is 5.97 Å². The minimum absolute atomic E-state index is 0.335. The second kappa shape index (κ2) is 12.5. The van der Waals surface area contributed by atoms with E-state index in [-0.39, 0.29) is 0 Å². The lowest BCUT2D eigenvalue weighted by Crippen LogP contribution is -2.30. The summed E-state index contributed by atoms with van der Waals surface area (Å²) < 4.78 is 26.1. The number of methoxy groups -OCH3 is 1. The van der Waals surface area contributed by atoms with Crippen LogP contribution in [0.1, 0.15) is 75.3 Å². The summed E-state index contributed by atoms with van der Waals surface area (Å²) in [6.45, 7) is 9.06. The summed E-state index contributed by atoms with van der Waals surface area (Å²) in [5.74, 6) is 1.63. The van der Waals surface area contributed by atoms with Crippen LogP contribution in [-0.2, 0) is 14.3 Å². The van der Waals surface area contributed by atoms with Gasteiger partial charge in [0.2, 0.25) is 0 Å². The van der Waals surface area contributed by atoms with Crippen LogP contribution in [0.4, 0.5) is 0 Å². The summed E-state index contributed by atoms with van der Waals surface area (Å²) in [6, 6.07) is 24.9. The van der Waals surface area contributed by atoms with Gasteiger partial charge in [-0.3, -0.25) is 0 Å². The number of carbonyl (C=O) groups is 1. The molecule has 5 aromatic rings. The molecule has 0 amide bonds. The molecule has 0 N–H and O–H groups in total. The largest absolute Gasteiger partial charge is 0.493 e. The van der Waals surface area contributed by atoms with Gasteiger partial charge in [0.1, 0.15) is 11.5 Å². The number of hydrogen-bond donors (Lipinski definition) is 0. The smallest absolute Gasteiger partial charge is 0.339 e. The van der Waals surface area contributed by atoms with Crippen LogP contribution in [0.2, 0.25) is 0 Å². The molecule has 47 heavy (non-hydrogen) atoms. The quantitative estimate of drug-likeness (QED) is 0.185. The zero-order valence-corrected chi connectivity index (χ0v) is 27.7. The van der Waals surface area contributed by atoms with Gasteiger partial charge in [0.25, 0.3) is 0 Å². The van der Waals surface area contributed by atoms with Crippen LogP contribution in [-0.4, -0.2) is 46.5 Å². The molecule has 0 radical (unpaired) electrons. The average Bonchev–Trinajstić information content (AvgIpc) is 3.49. The third-order valence-corrected chi connectivity index (χ3v) is 8.99. The van der Waals surface area contributed by atoms with E-state index in [1.807, 2.05) is 68.6 Å². The lowest BCUT2D eigenvalue weighted by atomic mass is 9.86. The van der Waals surface area contributed by atoms with Crippen LogP contribution in [0, 0.1) is 6.92 Å². The maximum atomic E-state index is 13.5. The van der Waals surface area contributed by atoms with Gasteiger partial charge in [-0.25, -0.2) is 14.3 Å². The van der Waals surface area contributed by atoms with Crippen molar-refractivity contribution >= 4 is 11.6 Å². The SMILES string of the molecule is COC(=O)[C@@H](OC(C)(C)C)c1c(C)nc2cc3nn2c1-c1ccc2c(c1)[C@H](CCCCOc1ccccc1-c1cccc-3c1)CCO2. The first kappa shape index (κ1) is 30.9. The molecule has 8 nitrogen and oxygen atoms in total. The van der Waals surface area contributed by atoms with Gasteiger partial charge in [0, 0.05) is 34.0 Å². The lowest BCUT2D eigenvalue weighted by molar-refractivity contribution is -0.164. The minimum atomic E-state index is -1.01. The normalized spacial score (nSPS) is 16.7. The molecule has 3 aromatic carbocycles. The van der Waals surface area contributed by atoms with Crippen molar-refractivity contribution in [1.82, 2.24) is 14.6 Å². The Bertz CT molecular complexity index is 1960. The van der Waals surface area contributed by atoms with Crippen LogP contribution in [0.5, 0.6) is 11.5 Å². The average molecular weight is 632 g/mol. The Kier molecular flexibility index (Phi) is 8.22. The molecular weight excluding hydrogens is 590 g/mol. The molecule has 0 unspecified atom stereocenters. The highest BCUT2D eigenvalue weighted by molar-refractivity contribution is 5.83. The van der Waals surface area contributed by atoms with Crippen molar-refractivity contribution in [3.8, 4) is 45.1 Å². The summed E-state index contributed by atoms with van der Waals surface area (Å²) in [7, 11) is 1.39. The minimum Gasteiger partial charge on any atom is -0.493 e. The number of ether oxygens (including phenoxy) is 4. The molecule has 0 saturated heterocycles. The maximum absolute atomic E-state index is 13.5. The zero-order valence-electron chi connectivity index (χ0n) is 27.7. The van der Waals surface area contributed by atoms with E-state index in [2.05, 4.69) is 36.4 Å². The van der Waals surface area contributed by atoms with Crippen molar-refractivity contribution < 1.29 is 23.7 Å². The third-order valence-electron chi connectivity index (χ3n) is 8.99. The fourth-order valence-corrected chi connectivity index (χ4v) is 6.82. The Balaban J connectivity index is 1.50. The highest BCUT2D eigenvalue weighted by Gasteiger charge is 2.34. The second-order valence-corrected chi connectivity index (χ2v) is 13.4. The number of aromatic nitrogens is 3. The van der Waals surface area contributed by atoms with Crippen LogP contribution in [0.15, 0.2) is 72.8 Å². The molecule has 0 fully saturated rings. The molecule has 7 rings (SSSR count). The van der Waals surface area contributed by atoms with Crippen LogP contribution in [0.3, 0.4) is 0 Å². The third kappa shape index (κ3) is 6.10. The van der Waals surface area contributed by atoms with Crippen molar-refractivity contribution in [2.24, 2.45) is 0 Å². The first-order valence-corrected chi connectivity index (χ1v) is 16.5. The molecule has 2 atom stereocenters. The number of para-hydroxylation sites is 1. The van der Waals surface area contributed by atoms with E-state index in [1.54, 1.807) is 0 Å². The Morgan fingerprint density at radius 3 is 2.53 bits per heavy atom. The van der Waals surface area contributed by atoms with Gasteiger partial charge in [-0.05, 0) is 101 Å². The number of benzene rings is 3. The van der Waals surface area contributed by atoms with E-state index in [0.29, 0.717) is 36.0 Å². The summed E-state index contributed by atoms with van der Waals surface area (Å²) in [6.07, 6.45) is 2.93. The van der Waals surface area contributed by atoms with E-state index in [0.717, 1.165) is 70.8 Å². The second-order valence-electron chi connectivity index (χ2n) is 13.4. The van der Waals surface area contributed by atoms with Crippen molar-refractivity contribution in [2.75, 3.05) is 20.3 Å². The van der Waals surface area contributed by atoms with Crippen molar-refractivity contribution in [2.45, 2.75) is 71.0 Å². The van der Waals surface area contributed by atoms with E-state index in [9.17, 15) is 4.79 Å². The molecule has 242 valence electrons. The number of hydrogen-bond acceptors (Lipinski definition) is 7. The van der Waals surface area contributed by atoms with E-state index >= 15 is 0 Å². The Morgan fingerprint density at radius 1 is 0.894 bits per heavy atom. The van der Waals surface area contributed by atoms with Crippen molar-refractivity contribution in [1.29, 1.82) is 0 Å². The summed E-state index contributed by atoms with van der Waals surface area (Å²) in [5, 5.41) is 5.17. The van der Waals surface area contributed by atoms with E-state index in [4.69, 9.17) is 29.0 Å². The first-order valence-electron chi connectivity index (χ1n) is 16.5. The summed E-state index contributed by atoms with van der Waals surface area (Å²) >= 11 is 0. The molecule has 2 aliphatic rings. The number of esters is 1. The van der Waals surface area contributed by atoms with Crippen LogP contribution >= 0.6 is 0 Å². The standard InChI is InChI=1S/C39H41N3O5/c1-24-35(37(38(43)44-5)47-39(2,3)4)36-28-16-17-33-30(22-28)25(18-20-46-33)11-8-9-19-45-32-15-7-6-14-29(32)26-12-10-13-27(21-26)31-23-34(40-24)42(36)41-31/h6-7,10,12-17,21-23,25,37H,8-9,11,18-20H2,1-5H3/t25-,37+/m1/s1. The Labute approximate surface area is 275 Å². The molecule has 0 aliphatic carbocycles. The highest BCUT2D eigenvalue weighted by atomic mass is 16.6. The molecule has 0 saturated carbocycles. The number of nitrogens with zero attached hydrogens (tertiary/aromatic N) is 3. The molecule has 6 bridgehead atoms. The summed E-state index contributed by atoms with van der Waals surface area (Å²) in [4.78, 5) is 18.5. The van der Waals surface area contributed by atoms with Crippen molar-refractivity contribution in [3.05, 3.63) is 89.6 Å². The topological polar surface area (TPSA) is 84.2 Å². The van der Waals surface area contributed by atoms with Gasteiger partial charge in [0.15, 0.2) is 11.8 Å². The Morgan fingerprint density at radius 2 is 1.70 bits per heavy atom. The van der Waals surface area contributed by atoms with Crippen LogP contribution in [0.25, 0.3) is 39.3 Å². The molecule has 0 spiro atoms. The first-order chi connectivity index (χ1) is 22.7. The van der Waals surface area contributed by atoms with Gasteiger partial charge in [-0.2, -0.15) is 5.10 Å². The fraction of sp³-hybridized carbons (Fsp3) is 0.359. The number of carbonyl (C=O) groups excluding carboxylic acids is 1.